The van der Waals surface area contributed by atoms with Gasteiger partial charge in [0.05, 0.1) is 6.10 Å². The SMILES string of the molecule is O=S(=O)(c1ccc(F)cc1F)N1CCC[C@@]2(CCC[C@H]2O)C1. The summed E-state index contributed by atoms with van der Waals surface area (Å²) in [7, 11) is -4.02. The Morgan fingerprint density at radius 1 is 1.23 bits per heavy atom. The predicted molar refractivity (Wildman–Crippen MR) is 76.6 cm³/mol. The van der Waals surface area contributed by atoms with Gasteiger partial charge in [-0.05, 0) is 37.8 Å². The summed E-state index contributed by atoms with van der Waals surface area (Å²) < 4.78 is 53.4. The monoisotopic (exact) mass is 331 g/mol. The first-order valence-corrected chi connectivity index (χ1v) is 8.92. The van der Waals surface area contributed by atoms with Crippen LogP contribution < -0.4 is 0 Å². The molecule has 0 unspecified atom stereocenters. The fraction of sp³-hybridized carbons (Fsp3) is 0.600. The van der Waals surface area contributed by atoms with Crippen LogP contribution >= 0.6 is 0 Å². The van der Waals surface area contributed by atoms with Gasteiger partial charge in [-0.25, -0.2) is 17.2 Å². The molecule has 1 aromatic rings. The number of aliphatic hydroxyl groups is 1. The van der Waals surface area contributed by atoms with Crippen LogP contribution in [0.2, 0.25) is 0 Å². The van der Waals surface area contributed by atoms with Crippen LogP contribution in [0.25, 0.3) is 0 Å². The van der Waals surface area contributed by atoms with Gasteiger partial charge in [0.1, 0.15) is 16.5 Å². The Morgan fingerprint density at radius 2 is 1.95 bits per heavy atom. The molecule has 1 heterocycles. The molecule has 2 atom stereocenters. The summed E-state index contributed by atoms with van der Waals surface area (Å²) in [5.74, 6) is -1.88. The molecule has 2 aliphatic rings. The number of halogens is 2. The van der Waals surface area contributed by atoms with Gasteiger partial charge in [-0.2, -0.15) is 4.31 Å². The van der Waals surface area contributed by atoms with Gasteiger partial charge in [0.15, 0.2) is 0 Å². The van der Waals surface area contributed by atoms with Crippen LogP contribution in [0.3, 0.4) is 0 Å². The first-order chi connectivity index (χ1) is 10.3. The molecule has 1 saturated carbocycles. The molecule has 1 N–H and O–H groups in total. The number of rotatable bonds is 2. The molecule has 0 aromatic heterocycles. The average molecular weight is 331 g/mol. The summed E-state index contributed by atoms with van der Waals surface area (Å²) >= 11 is 0. The van der Waals surface area contributed by atoms with Crippen LogP contribution in [0.1, 0.15) is 32.1 Å². The largest absolute Gasteiger partial charge is 0.392 e. The number of nitrogens with zero attached hydrogens (tertiary/aromatic N) is 1. The highest BCUT2D eigenvalue weighted by atomic mass is 32.2. The van der Waals surface area contributed by atoms with E-state index in [4.69, 9.17) is 0 Å². The van der Waals surface area contributed by atoms with Gasteiger partial charge in [0.25, 0.3) is 0 Å². The summed E-state index contributed by atoms with van der Waals surface area (Å²) in [6, 6.07) is 2.49. The van der Waals surface area contributed by atoms with Gasteiger partial charge in [-0.3, -0.25) is 0 Å². The molecule has 4 nitrogen and oxygen atoms in total. The van der Waals surface area contributed by atoms with E-state index in [-0.39, 0.29) is 6.54 Å². The Hall–Kier alpha value is -1.05. The minimum absolute atomic E-state index is 0.202. The molecule has 3 rings (SSSR count). The van der Waals surface area contributed by atoms with Gasteiger partial charge in [0.2, 0.25) is 10.0 Å². The summed E-state index contributed by atoms with van der Waals surface area (Å²) in [4.78, 5) is -0.501. The molecular formula is C15H19F2NO3S. The summed E-state index contributed by atoms with van der Waals surface area (Å²) in [5, 5.41) is 10.2. The van der Waals surface area contributed by atoms with Crippen LogP contribution in [-0.4, -0.2) is 37.0 Å². The lowest BCUT2D eigenvalue weighted by molar-refractivity contribution is 0.0126. The van der Waals surface area contributed by atoms with E-state index in [1.807, 2.05) is 0 Å². The average Bonchev–Trinajstić information content (AvgIpc) is 2.79. The Kier molecular flexibility index (Phi) is 3.99. The minimum atomic E-state index is -4.02. The molecular weight excluding hydrogens is 312 g/mol. The molecule has 1 saturated heterocycles. The highest BCUT2D eigenvalue weighted by Gasteiger charge is 2.47. The van der Waals surface area contributed by atoms with Gasteiger partial charge in [0, 0.05) is 24.6 Å². The zero-order valence-electron chi connectivity index (χ0n) is 12.1. The van der Waals surface area contributed by atoms with Crippen molar-refractivity contribution in [2.45, 2.75) is 43.1 Å². The number of hydrogen-bond acceptors (Lipinski definition) is 3. The van der Waals surface area contributed by atoms with Crippen molar-refractivity contribution >= 4 is 10.0 Å². The maximum absolute atomic E-state index is 13.9. The molecule has 1 aliphatic heterocycles. The standard InChI is InChI=1S/C15H19F2NO3S/c16-11-4-5-13(12(17)9-11)22(20,21)18-8-2-7-15(10-18)6-1-3-14(15)19/h4-5,9,14,19H,1-3,6-8,10H2/t14-,15+/m1/s1. The zero-order chi connectivity index (χ0) is 16.0. The maximum atomic E-state index is 13.9. The van der Waals surface area contributed by atoms with Gasteiger partial charge >= 0.3 is 0 Å². The number of aliphatic hydroxyl groups excluding tert-OH is 1. The Labute approximate surface area is 128 Å². The van der Waals surface area contributed by atoms with Gasteiger partial charge in [-0.1, -0.05) is 6.42 Å². The molecule has 22 heavy (non-hydrogen) atoms. The number of hydrogen-bond donors (Lipinski definition) is 1. The van der Waals surface area contributed by atoms with E-state index in [1.54, 1.807) is 0 Å². The zero-order valence-corrected chi connectivity index (χ0v) is 13.0. The van der Waals surface area contributed by atoms with Crippen molar-refractivity contribution in [3.8, 4) is 0 Å². The van der Waals surface area contributed by atoms with Crippen LogP contribution in [0.4, 0.5) is 8.78 Å². The van der Waals surface area contributed by atoms with Gasteiger partial charge < -0.3 is 5.11 Å². The van der Waals surface area contributed by atoms with E-state index in [0.717, 1.165) is 31.4 Å². The van der Waals surface area contributed by atoms with Crippen LogP contribution in [0.15, 0.2) is 23.1 Å². The number of piperidine rings is 1. The smallest absolute Gasteiger partial charge is 0.246 e. The van der Waals surface area contributed by atoms with Crippen LogP contribution in [-0.2, 0) is 10.0 Å². The van der Waals surface area contributed by atoms with Crippen LogP contribution in [0.5, 0.6) is 0 Å². The van der Waals surface area contributed by atoms with Crippen LogP contribution in [0, 0.1) is 17.0 Å². The van der Waals surface area contributed by atoms with Crippen molar-refractivity contribution in [3.63, 3.8) is 0 Å². The fourth-order valence-electron chi connectivity index (χ4n) is 3.74. The van der Waals surface area contributed by atoms with E-state index in [9.17, 15) is 22.3 Å². The first-order valence-electron chi connectivity index (χ1n) is 7.48. The van der Waals surface area contributed by atoms with Crippen molar-refractivity contribution < 1.29 is 22.3 Å². The molecule has 2 fully saturated rings. The topological polar surface area (TPSA) is 57.6 Å². The Morgan fingerprint density at radius 3 is 2.59 bits per heavy atom. The molecule has 1 aromatic carbocycles. The van der Waals surface area contributed by atoms with Gasteiger partial charge in [-0.15, -0.1) is 0 Å². The Bertz CT molecular complexity index is 679. The highest BCUT2D eigenvalue weighted by Crippen LogP contribution is 2.46. The van der Waals surface area contributed by atoms with E-state index in [0.29, 0.717) is 25.5 Å². The van der Waals surface area contributed by atoms with E-state index in [2.05, 4.69) is 0 Å². The van der Waals surface area contributed by atoms with E-state index >= 15 is 0 Å². The van der Waals surface area contributed by atoms with Crippen molar-refractivity contribution in [3.05, 3.63) is 29.8 Å². The summed E-state index contributed by atoms with van der Waals surface area (Å²) in [6.45, 7) is 0.501. The normalized spacial score (nSPS) is 30.0. The first kappa shape index (κ1) is 15.8. The molecule has 0 radical (unpaired) electrons. The number of sulfonamides is 1. The third kappa shape index (κ3) is 2.55. The molecule has 0 amide bonds. The fourth-order valence-corrected chi connectivity index (χ4v) is 5.36. The van der Waals surface area contributed by atoms with E-state index in [1.165, 1.54) is 4.31 Å². The van der Waals surface area contributed by atoms with Crippen molar-refractivity contribution in [2.24, 2.45) is 5.41 Å². The van der Waals surface area contributed by atoms with Crippen molar-refractivity contribution in [2.75, 3.05) is 13.1 Å². The second-order valence-electron chi connectivity index (χ2n) is 6.29. The van der Waals surface area contributed by atoms with Crippen molar-refractivity contribution in [1.82, 2.24) is 4.31 Å². The summed E-state index contributed by atoms with van der Waals surface area (Å²) in [6.07, 6.45) is 3.25. The minimum Gasteiger partial charge on any atom is -0.392 e. The lowest BCUT2D eigenvalue weighted by Crippen LogP contribution is -2.49. The Balaban J connectivity index is 1.92. The molecule has 1 spiro atoms. The maximum Gasteiger partial charge on any atom is 0.246 e. The molecule has 122 valence electrons. The number of benzene rings is 1. The second-order valence-corrected chi connectivity index (χ2v) is 8.19. The van der Waals surface area contributed by atoms with E-state index < -0.39 is 38.1 Å². The quantitative estimate of drug-likeness (QED) is 0.904. The second kappa shape index (κ2) is 5.54. The highest BCUT2D eigenvalue weighted by molar-refractivity contribution is 7.89. The molecule has 7 heteroatoms. The predicted octanol–water partition coefficient (Wildman–Crippen LogP) is 2.28. The summed E-state index contributed by atoms with van der Waals surface area (Å²) in [5.41, 5.74) is -0.415. The molecule has 1 aliphatic carbocycles. The lowest BCUT2D eigenvalue weighted by Gasteiger charge is -2.41. The molecule has 0 bridgehead atoms. The third-order valence-electron chi connectivity index (χ3n) is 4.94. The lowest BCUT2D eigenvalue weighted by atomic mass is 9.77. The van der Waals surface area contributed by atoms with Crippen molar-refractivity contribution in [1.29, 1.82) is 0 Å². The third-order valence-corrected chi connectivity index (χ3v) is 6.82.